The van der Waals surface area contributed by atoms with Crippen LogP contribution < -0.4 is 4.74 Å². The van der Waals surface area contributed by atoms with E-state index in [-0.39, 0.29) is 11.1 Å². The molecule has 1 N–H and O–H groups in total. The Labute approximate surface area is 192 Å². The molecule has 3 aliphatic rings. The highest BCUT2D eigenvalue weighted by Gasteiger charge is 2.46. The second-order valence-corrected chi connectivity index (χ2v) is 10.7. The van der Waals surface area contributed by atoms with Gasteiger partial charge in [-0.3, -0.25) is 4.90 Å². The van der Waals surface area contributed by atoms with Crippen LogP contribution in [0.3, 0.4) is 0 Å². The molecule has 0 aromatic heterocycles. The van der Waals surface area contributed by atoms with Gasteiger partial charge < -0.3 is 9.84 Å². The van der Waals surface area contributed by atoms with E-state index in [1.54, 1.807) is 0 Å². The molecule has 1 fully saturated rings. The zero-order chi connectivity index (χ0) is 20.9. The van der Waals surface area contributed by atoms with Crippen LogP contribution in [0.1, 0.15) is 61.0 Å². The van der Waals surface area contributed by atoms with Crippen LogP contribution in [-0.4, -0.2) is 34.2 Å². The van der Waals surface area contributed by atoms with Gasteiger partial charge in [0, 0.05) is 34.2 Å². The summed E-state index contributed by atoms with van der Waals surface area (Å²) in [5.74, 6) is 0.855. The van der Waals surface area contributed by atoms with Gasteiger partial charge in [-0.05, 0) is 103 Å². The number of hydrogen-bond donors (Lipinski definition) is 1. The number of benzene rings is 2. The highest BCUT2D eigenvalue weighted by molar-refractivity contribution is 14.1. The lowest BCUT2D eigenvalue weighted by atomic mass is 9.75. The minimum absolute atomic E-state index is 0.143. The first-order chi connectivity index (χ1) is 14.4. The average molecular weight is 514 g/mol. The van der Waals surface area contributed by atoms with Crippen LogP contribution in [0.5, 0.6) is 5.75 Å². The molecule has 1 saturated heterocycles. The third-order valence-corrected chi connectivity index (χ3v) is 8.17. The summed E-state index contributed by atoms with van der Waals surface area (Å²) >= 11 is 2.29. The fraction of sp³-hybridized carbons (Fsp3) is 0.480. The Morgan fingerprint density at radius 2 is 1.93 bits per heavy atom. The molecule has 4 nitrogen and oxygen atoms in total. The predicted molar refractivity (Wildman–Crippen MR) is 124 cm³/mol. The fourth-order valence-electron chi connectivity index (χ4n) is 5.64. The summed E-state index contributed by atoms with van der Waals surface area (Å²) in [6.45, 7) is 4.38. The molecule has 0 saturated carbocycles. The van der Waals surface area contributed by atoms with Gasteiger partial charge in [0.2, 0.25) is 0 Å². The molecule has 0 bridgehead atoms. The van der Waals surface area contributed by atoms with E-state index in [1.165, 1.54) is 11.1 Å². The van der Waals surface area contributed by atoms with Gasteiger partial charge in [0.25, 0.3) is 0 Å². The van der Waals surface area contributed by atoms with E-state index >= 15 is 0 Å². The number of nitriles is 1. The predicted octanol–water partition coefficient (Wildman–Crippen LogP) is 4.76. The van der Waals surface area contributed by atoms with Crippen molar-refractivity contribution in [1.29, 1.82) is 5.26 Å². The van der Waals surface area contributed by atoms with Crippen LogP contribution in [0.2, 0.25) is 0 Å². The third-order valence-electron chi connectivity index (χ3n) is 7.50. The molecule has 2 atom stereocenters. The number of hydrogen-bond acceptors (Lipinski definition) is 4. The maximum atomic E-state index is 10.8. The Morgan fingerprint density at radius 3 is 2.70 bits per heavy atom. The summed E-state index contributed by atoms with van der Waals surface area (Å²) in [5.41, 5.74) is 4.31. The highest BCUT2D eigenvalue weighted by Crippen LogP contribution is 2.46. The van der Waals surface area contributed by atoms with Crippen LogP contribution in [0.25, 0.3) is 0 Å². The Hall–Kier alpha value is -1.62. The molecule has 2 aliphatic heterocycles. The number of aliphatic hydroxyl groups excluding tert-OH is 1. The molecule has 1 spiro atoms. The number of fused-ring (bicyclic) bond motifs is 2. The molecule has 0 amide bonds. The lowest BCUT2D eigenvalue weighted by Crippen LogP contribution is -2.58. The molecule has 1 aliphatic carbocycles. The van der Waals surface area contributed by atoms with Crippen LogP contribution in [-0.2, 0) is 12.8 Å². The van der Waals surface area contributed by atoms with E-state index < -0.39 is 6.10 Å². The standard InChI is InChI=1S/C25H27IN2O2/c1-24(7-6-18-12-17(16-27)2-3-19(18)14-24)28-10-8-25(9-11-28)15-22(29)21-13-20(26)4-5-23(21)30-25/h2-5,12-13,22,29H,6-11,14-15H2,1H3/t22?,24-/m1/s1. The maximum Gasteiger partial charge on any atom is 0.126 e. The number of nitrogens with zero attached hydrogens (tertiary/aromatic N) is 2. The van der Waals surface area contributed by atoms with Crippen molar-refractivity contribution in [2.45, 2.75) is 62.7 Å². The number of piperidine rings is 1. The number of aryl methyl sites for hydroxylation is 1. The van der Waals surface area contributed by atoms with Gasteiger partial charge in [-0.25, -0.2) is 0 Å². The largest absolute Gasteiger partial charge is 0.487 e. The van der Waals surface area contributed by atoms with Crippen LogP contribution in [0.4, 0.5) is 0 Å². The van der Waals surface area contributed by atoms with Crippen molar-refractivity contribution in [3.8, 4) is 11.8 Å². The molecule has 156 valence electrons. The van der Waals surface area contributed by atoms with Crippen molar-refractivity contribution in [2.24, 2.45) is 0 Å². The van der Waals surface area contributed by atoms with Gasteiger partial charge in [-0.2, -0.15) is 5.26 Å². The average Bonchev–Trinajstić information content (AvgIpc) is 2.74. The second-order valence-electron chi connectivity index (χ2n) is 9.44. The first kappa shape index (κ1) is 20.3. The van der Waals surface area contributed by atoms with E-state index in [9.17, 15) is 10.4 Å². The van der Waals surface area contributed by atoms with Crippen molar-refractivity contribution < 1.29 is 9.84 Å². The lowest BCUT2D eigenvalue weighted by molar-refractivity contribution is -0.0730. The zero-order valence-corrected chi connectivity index (χ0v) is 19.5. The zero-order valence-electron chi connectivity index (χ0n) is 17.3. The summed E-state index contributed by atoms with van der Waals surface area (Å²) in [6.07, 6.45) is 5.32. The Balaban J connectivity index is 1.30. The van der Waals surface area contributed by atoms with Gasteiger partial charge in [0.05, 0.1) is 17.7 Å². The van der Waals surface area contributed by atoms with Crippen molar-refractivity contribution in [3.05, 3.63) is 62.2 Å². The Kier molecular flexibility index (Phi) is 5.08. The molecule has 30 heavy (non-hydrogen) atoms. The number of halogens is 1. The summed E-state index contributed by atoms with van der Waals surface area (Å²) < 4.78 is 7.65. The number of ether oxygens (including phenoxy) is 1. The maximum absolute atomic E-state index is 10.8. The van der Waals surface area contributed by atoms with E-state index in [2.05, 4.69) is 58.7 Å². The van der Waals surface area contributed by atoms with Crippen molar-refractivity contribution in [1.82, 2.24) is 4.90 Å². The molecule has 0 radical (unpaired) electrons. The summed E-state index contributed by atoms with van der Waals surface area (Å²) in [7, 11) is 0. The Morgan fingerprint density at radius 1 is 1.13 bits per heavy atom. The summed E-state index contributed by atoms with van der Waals surface area (Å²) in [6, 6.07) is 14.5. The van der Waals surface area contributed by atoms with Crippen LogP contribution >= 0.6 is 22.6 Å². The number of aliphatic hydroxyl groups is 1. The van der Waals surface area contributed by atoms with Crippen LogP contribution in [0, 0.1) is 14.9 Å². The van der Waals surface area contributed by atoms with Gasteiger partial charge in [0.15, 0.2) is 0 Å². The third kappa shape index (κ3) is 3.53. The molecule has 5 heteroatoms. The monoisotopic (exact) mass is 514 g/mol. The van der Waals surface area contributed by atoms with Crippen molar-refractivity contribution in [3.63, 3.8) is 0 Å². The number of likely N-dealkylation sites (tertiary alicyclic amines) is 1. The molecular weight excluding hydrogens is 487 g/mol. The van der Waals surface area contributed by atoms with E-state index in [1.807, 2.05) is 18.2 Å². The second kappa shape index (κ2) is 7.51. The van der Waals surface area contributed by atoms with Gasteiger partial charge in [-0.1, -0.05) is 6.07 Å². The van der Waals surface area contributed by atoms with Gasteiger partial charge in [0.1, 0.15) is 11.4 Å². The molecule has 2 aromatic rings. The normalized spacial score (nSPS) is 27.6. The topological polar surface area (TPSA) is 56.5 Å². The van der Waals surface area contributed by atoms with E-state index in [4.69, 9.17) is 4.74 Å². The molecule has 1 unspecified atom stereocenters. The van der Waals surface area contributed by atoms with Crippen molar-refractivity contribution >= 4 is 22.6 Å². The first-order valence-corrected chi connectivity index (χ1v) is 11.9. The van der Waals surface area contributed by atoms with E-state index in [0.717, 1.165) is 65.6 Å². The SMILES string of the molecule is C[C@@]1(N2CCC3(CC2)CC(O)c2cc(I)ccc2O3)CCc2cc(C#N)ccc2C1. The lowest BCUT2D eigenvalue weighted by Gasteiger charge is -2.52. The van der Waals surface area contributed by atoms with Gasteiger partial charge in [-0.15, -0.1) is 0 Å². The smallest absolute Gasteiger partial charge is 0.126 e. The molecule has 2 heterocycles. The summed E-state index contributed by atoms with van der Waals surface area (Å²) in [4.78, 5) is 2.64. The molecular formula is C25H27IN2O2. The molecule has 2 aromatic carbocycles. The first-order valence-electron chi connectivity index (χ1n) is 10.8. The Bertz CT molecular complexity index is 1020. The minimum atomic E-state index is -0.443. The quantitative estimate of drug-likeness (QED) is 0.558. The minimum Gasteiger partial charge on any atom is -0.487 e. The van der Waals surface area contributed by atoms with Gasteiger partial charge >= 0.3 is 0 Å². The number of rotatable bonds is 1. The molecule has 5 rings (SSSR count). The summed E-state index contributed by atoms with van der Waals surface area (Å²) in [5, 5.41) is 20.0. The highest BCUT2D eigenvalue weighted by atomic mass is 127. The van der Waals surface area contributed by atoms with Crippen molar-refractivity contribution in [2.75, 3.05) is 13.1 Å². The van der Waals surface area contributed by atoms with Crippen LogP contribution in [0.15, 0.2) is 36.4 Å². The fourth-order valence-corrected chi connectivity index (χ4v) is 6.16. The van der Waals surface area contributed by atoms with E-state index in [0.29, 0.717) is 6.42 Å².